The molecule has 0 amide bonds. The maximum atomic E-state index is 9.85. The summed E-state index contributed by atoms with van der Waals surface area (Å²) >= 11 is 0. The molecule has 134 valence electrons. The molecule has 1 N–H and O–H groups in total. The molecule has 0 aromatic heterocycles. The lowest BCUT2D eigenvalue weighted by molar-refractivity contribution is -0.0977. The summed E-state index contributed by atoms with van der Waals surface area (Å²) < 4.78 is 16.7. The zero-order valence-electron chi connectivity index (χ0n) is 15.2. The van der Waals surface area contributed by atoms with E-state index in [9.17, 15) is 5.11 Å². The maximum Gasteiger partial charge on any atom is 0.203 e. The van der Waals surface area contributed by atoms with Gasteiger partial charge in [-0.3, -0.25) is 4.90 Å². The van der Waals surface area contributed by atoms with Crippen LogP contribution in [0.3, 0.4) is 0 Å². The zero-order chi connectivity index (χ0) is 17.4. The summed E-state index contributed by atoms with van der Waals surface area (Å²) in [6, 6.07) is 5.63. The summed E-state index contributed by atoms with van der Waals surface area (Å²) in [5.41, 5.74) is 0.440. The lowest BCUT2D eigenvalue weighted by Crippen LogP contribution is -2.54. The first-order chi connectivity index (χ1) is 11.5. The van der Waals surface area contributed by atoms with Crippen LogP contribution in [-0.2, 0) is 0 Å². The van der Waals surface area contributed by atoms with Crippen molar-refractivity contribution in [3.63, 3.8) is 0 Å². The summed E-state index contributed by atoms with van der Waals surface area (Å²) in [5, 5.41) is 9.85. The number of para-hydroxylation sites is 1. The van der Waals surface area contributed by atoms with Crippen LogP contribution in [0.5, 0.6) is 17.2 Å². The molecule has 1 heterocycles. The molecule has 5 nitrogen and oxygen atoms in total. The summed E-state index contributed by atoms with van der Waals surface area (Å²) in [5.74, 6) is 2.60. The number of likely N-dealkylation sites (tertiary alicyclic amines) is 1. The number of nitrogens with zero attached hydrogens (tertiary/aromatic N) is 1. The van der Waals surface area contributed by atoms with Crippen molar-refractivity contribution in [3.05, 3.63) is 18.2 Å². The van der Waals surface area contributed by atoms with E-state index in [4.69, 9.17) is 14.2 Å². The van der Waals surface area contributed by atoms with E-state index in [1.54, 1.807) is 14.2 Å². The summed E-state index contributed by atoms with van der Waals surface area (Å²) in [6.45, 7) is 8.33. The molecular formula is C19H29NO4. The van der Waals surface area contributed by atoms with Gasteiger partial charge in [0.25, 0.3) is 0 Å². The molecule has 1 aromatic rings. The minimum Gasteiger partial charge on any atom is -0.493 e. The first-order valence-electron chi connectivity index (χ1n) is 8.63. The van der Waals surface area contributed by atoms with Gasteiger partial charge in [0.2, 0.25) is 5.75 Å². The van der Waals surface area contributed by atoms with Gasteiger partial charge >= 0.3 is 0 Å². The molecule has 1 aliphatic heterocycles. The Balaban J connectivity index is 1.59. The second kappa shape index (κ2) is 6.45. The van der Waals surface area contributed by atoms with Gasteiger partial charge in [-0.15, -0.1) is 0 Å². The highest BCUT2D eigenvalue weighted by Gasteiger charge is 2.62. The molecule has 0 radical (unpaired) electrons. The number of fused-ring (bicyclic) bond motifs is 1. The molecule has 2 fully saturated rings. The Kier molecular flexibility index (Phi) is 4.67. The smallest absolute Gasteiger partial charge is 0.203 e. The Morgan fingerprint density at radius 1 is 1.21 bits per heavy atom. The molecule has 3 rings (SSSR count). The van der Waals surface area contributed by atoms with Gasteiger partial charge in [-0.2, -0.15) is 0 Å². The number of hydrogen-bond donors (Lipinski definition) is 1. The van der Waals surface area contributed by atoms with E-state index in [0.717, 1.165) is 26.1 Å². The molecule has 1 saturated heterocycles. The third kappa shape index (κ3) is 2.84. The van der Waals surface area contributed by atoms with E-state index >= 15 is 0 Å². The Morgan fingerprint density at radius 3 is 2.38 bits per heavy atom. The predicted molar refractivity (Wildman–Crippen MR) is 92.9 cm³/mol. The number of rotatable bonds is 7. The molecule has 0 unspecified atom stereocenters. The lowest BCUT2D eigenvalue weighted by Gasteiger charge is -2.56. The fourth-order valence-electron chi connectivity index (χ4n) is 4.85. The molecule has 1 aromatic carbocycles. The molecule has 2 atom stereocenters. The van der Waals surface area contributed by atoms with E-state index in [2.05, 4.69) is 18.7 Å². The number of aliphatic hydroxyl groups is 1. The molecule has 5 heteroatoms. The standard InChI is InChI=1S/C19H29NO4/c1-18(2)11-19(13-21)12-20(10-16(18)19)8-9-24-17-14(22-3)6-5-7-15(17)23-4/h5-7,16,21H,8-13H2,1-4H3/t16-,19-/m1/s1. The Labute approximate surface area is 144 Å². The zero-order valence-corrected chi connectivity index (χ0v) is 15.2. The third-order valence-corrected chi connectivity index (χ3v) is 5.82. The number of methoxy groups -OCH3 is 2. The Bertz CT molecular complexity index is 566. The second-order valence-electron chi connectivity index (χ2n) is 7.81. The first kappa shape index (κ1) is 17.4. The maximum absolute atomic E-state index is 9.85. The van der Waals surface area contributed by atoms with Crippen LogP contribution >= 0.6 is 0 Å². The third-order valence-electron chi connectivity index (χ3n) is 5.82. The number of ether oxygens (including phenoxy) is 3. The Morgan fingerprint density at radius 2 is 1.88 bits per heavy atom. The van der Waals surface area contributed by atoms with E-state index < -0.39 is 0 Å². The van der Waals surface area contributed by atoms with Gasteiger partial charge in [-0.1, -0.05) is 19.9 Å². The van der Waals surface area contributed by atoms with Crippen LogP contribution in [0, 0.1) is 16.7 Å². The van der Waals surface area contributed by atoms with Crippen molar-refractivity contribution < 1.29 is 19.3 Å². The van der Waals surface area contributed by atoms with Crippen LogP contribution in [0.25, 0.3) is 0 Å². The van der Waals surface area contributed by atoms with Gasteiger partial charge in [0.15, 0.2) is 11.5 Å². The quantitative estimate of drug-likeness (QED) is 0.829. The fraction of sp³-hybridized carbons (Fsp3) is 0.684. The van der Waals surface area contributed by atoms with Crippen molar-refractivity contribution >= 4 is 0 Å². The van der Waals surface area contributed by atoms with Crippen LogP contribution < -0.4 is 14.2 Å². The summed E-state index contributed by atoms with van der Waals surface area (Å²) in [6.07, 6.45) is 1.11. The van der Waals surface area contributed by atoms with Crippen molar-refractivity contribution in [1.82, 2.24) is 4.90 Å². The van der Waals surface area contributed by atoms with Crippen molar-refractivity contribution in [3.8, 4) is 17.2 Å². The van der Waals surface area contributed by atoms with Crippen molar-refractivity contribution in [1.29, 1.82) is 0 Å². The van der Waals surface area contributed by atoms with E-state index in [-0.39, 0.29) is 5.41 Å². The van der Waals surface area contributed by atoms with Gasteiger partial charge in [-0.05, 0) is 29.9 Å². The second-order valence-corrected chi connectivity index (χ2v) is 7.81. The molecule has 0 spiro atoms. The minimum absolute atomic E-state index is 0.103. The van der Waals surface area contributed by atoms with E-state index in [1.165, 1.54) is 0 Å². The first-order valence-corrected chi connectivity index (χ1v) is 8.63. The van der Waals surface area contributed by atoms with Gasteiger partial charge in [0, 0.05) is 25.0 Å². The van der Waals surface area contributed by atoms with Gasteiger partial charge in [0.05, 0.1) is 20.8 Å². The average molecular weight is 335 g/mol. The SMILES string of the molecule is COc1cccc(OC)c1OCCN1C[C@@H]2C(C)(C)C[C@]2(CO)C1. The number of benzene rings is 1. The van der Waals surface area contributed by atoms with E-state index in [1.807, 2.05) is 18.2 Å². The van der Waals surface area contributed by atoms with Crippen LogP contribution in [0.4, 0.5) is 0 Å². The summed E-state index contributed by atoms with van der Waals surface area (Å²) in [4.78, 5) is 2.41. The van der Waals surface area contributed by atoms with Crippen LogP contribution in [-0.4, -0.2) is 57.1 Å². The topological polar surface area (TPSA) is 51.2 Å². The largest absolute Gasteiger partial charge is 0.493 e. The van der Waals surface area contributed by atoms with Crippen molar-refractivity contribution in [2.75, 3.05) is 47.1 Å². The average Bonchev–Trinajstić information content (AvgIpc) is 2.89. The van der Waals surface area contributed by atoms with Crippen LogP contribution in [0.1, 0.15) is 20.3 Å². The van der Waals surface area contributed by atoms with Crippen molar-refractivity contribution in [2.24, 2.45) is 16.7 Å². The van der Waals surface area contributed by atoms with Gasteiger partial charge in [0.1, 0.15) is 6.61 Å². The molecular weight excluding hydrogens is 306 g/mol. The molecule has 2 aliphatic rings. The van der Waals surface area contributed by atoms with Gasteiger partial charge < -0.3 is 19.3 Å². The van der Waals surface area contributed by atoms with Crippen molar-refractivity contribution in [2.45, 2.75) is 20.3 Å². The molecule has 1 aliphatic carbocycles. The molecule has 1 saturated carbocycles. The number of hydrogen-bond acceptors (Lipinski definition) is 5. The highest BCUT2D eigenvalue weighted by atomic mass is 16.5. The lowest BCUT2D eigenvalue weighted by atomic mass is 9.48. The monoisotopic (exact) mass is 335 g/mol. The molecule has 24 heavy (non-hydrogen) atoms. The molecule has 0 bridgehead atoms. The normalized spacial score (nSPS) is 28.1. The predicted octanol–water partition coefficient (Wildman–Crippen LogP) is 2.42. The van der Waals surface area contributed by atoms with Crippen LogP contribution in [0.2, 0.25) is 0 Å². The van der Waals surface area contributed by atoms with Gasteiger partial charge in [-0.25, -0.2) is 0 Å². The summed E-state index contributed by atoms with van der Waals surface area (Å²) in [7, 11) is 3.26. The van der Waals surface area contributed by atoms with E-state index in [0.29, 0.717) is 41.8 Å². The van der Waals surface area contributed by atoms with Crippen LogP contribution in [0.15, 0.2) is 18.2 Å². The highest BCUT2D eigenvalue weighted by molar-refractivity contribution is 5.51. The minimum atomic E-state index is 0.103. The fourth-order valence-corrected chi connectivity index (χ4v) is 4.85. The highest BCUT2D eigenvalue weighted by Crippen LogP contribution is 2.62. The number of aliphatic hydroxyl groups excluding tert-OH is 1. The Hall–Kier alpha value is -1.46.